The first kappa shape index (κ1) is 33.4. The molecule has 1 heterocycles. The van der Waals surface area contributed by atoms with Crippen LogP contribution in [0.1, 0.15) is 0 Å². The summed E-state index contributed by atoms with van der Waals surface area (Å²) in [7, 11) is 1.23. The van der Waals surface area contributed by atoms with Crippen molar-refractivity contribution in [1.29, 1.82) is 0 Å². The fourth-order valence-corrected chi connectivity index (χ4v) is 3.51. The first-order chi connectivity index (χ1) is 17.9. The van der Waals surface area contributed by atoms with Gasteiger partial charge < -0.3 is 14.5 Å². The fraction of sp³-hybridized carbons (Fsp3) is 0.650. The van der Waals surface area contributed by atoms with Crippen molar-refractivity contribution in [3.05, 3.63) is 24.3 Å². The lowest BCUT2D eigenvalue weighted by atomic mass is 9.89. The lowest BCUT2D eigenvalue weighted by Gasteiger charge is -2.43. The molecule has 0 atom stereocenters. The number of nitrogens with zero attached hydrogens (tertiary/aromatic N) is 2. The number of rotatable bonds is 10. The van der Waals surface area contributed by atoms with Gasteiger partial charge in [0, 0.05) is 26.2 Å². The number of anilines is 1. The summed E-state index contributed by atoms with van der Waals surface area (Å²) in [6, 6.07) is 5.84. The third-order valence-electron chi connectivity index (χ3n) is 5.93. The Morgan fingerprint density at radius 3 is 1.57 bits per heavy atom. The highest BCUT2D eigenvalue weighted by Crippen LogP contribution is 2.62. The highest BCUT2D eigenvalue weighted by atomic mass is 19.4. The van der Waals surface area contributed by atoms with Gasteiger partial charge in [0.25, 0.3) is 5.91 Å². The summed E-state index contributed by atoms with van der Waals surface area (Å²) < 4.78 is 221. The molecule has 2 rings (SSSR count). The second-order valence-corrected chi connectivity index (χ2v) is 8.32. The van der Waals surface area contributed by atoms with Crippen LogP contribution in [0.2, 0.25) is 0 Å². The van der Waals surface area contributed by atoms with Crippen molar-refractivity contribution in [2.24, 2.45) is 0 Å². The Kier molecular flexibility index (Phi) is 8.53. The molecule has 1 amide bonds. The Bertz CT molecular complexity index is 1070. The van der Waals surface area contributed by atoms with Crippen LogP contribution < -0.4 is 9.64 Å². The maximum absolute atomic E-state index is 14.3. The van der Waals surface area contributed by atoms with Gasteiger partial charge in [0.1, 0.15) is 5.75 Å². The summed E-state index contributed by atoms with van der Waals surface area (Å²) in [5.74, 6) is -59.2. The summed E-state index contributed by atoms with van der Waals surface area (Å²) in [6.07, 6.45) is -5.92. The van der Waals surface area contributed by atoms with E-state index in [9.17, 15) is 75.0 Å². The van der Waals surface area contributed by atoms with E-state index in [1.54, 1.807) is 0 Å². The van der Waals surface area contributed by atoms with E-state index in [0.29, 0.717) is 0 Å². The molecule has 4 nitrogen and oxygen atoms in total. The molecule has 1 saturated heterocycles. The number of hydrogen-bond acceptors (Lipinski definition) is 3. The van der Waals surface area contributed by atoms with E-state index in [-0.39, 0.29) is 16.3 Å². The zero-order valence-electron chi connectivity index (χ0n) is 19.5. The molecule has 1 aromatic carbocycles. The molecule has 0 N–H and O–H groups in total. The number of benzene rings is 1. The number of para-hydroxylation sites is 2. The molecule has 1 aromatic rings. The third-order valence-corrected chi connectivity index (χ3v) is 5.93. The Labute approximate surface area is 213 Å². The molecule has 20 heteroatoms. The van der Waals surface area contributed by atoms with E-state index in [2.05, 4.69) is 0 Å². The maximum atomic E-state index is 14.3. The number of halogens is 16. The molecule has 0 saturated carbocycles. The van der Waals surface area contributed by atoms with Gasteiger partial charge in [-0.2, -0.15) is 61.5 Å². The van der Waals surface area contributed by atoms with Crippen LogP contribution >= 0.6 is 0 Å². The quantitative estimate of drug-likeness (QED) is 0.299. The van der Waals surface area contributed by atoms with Crippen LogP contribution in [0.25, 0.3) is 0 Å². The summed E-state index contributed by atoms with van der Waals surface area (Å²) in [6.45, 7) is -2.90. The van der Waals surface area contributed by atoms with Crippen molar-refractivity contribution in [3.63, 3.8) is 0 Å². The van der Waals surface area contributed by atoms with E-state index in [1.165, 1.54) is 36.3 Å². The largest absolute Gasteiger partial charge is 0.495 e. The average molecular weight is 620 g/mol. The number of ether oxygens (including phenoxy) is 1. The van der Waals surface area contributed by atoms with Gasteiger partial charge in [-0.15, -0.1) is 0 Å². The number of piperazine rings is 1. The first-order valence-corrected chi connectivity index (χ1v) is 10.5. The number of carbonyl (C=O) groups is 1. The average Bonchev–Trinajstić information content (AvgIpc) is 2.87. The van der Waals surface area contributed by atoms with Crippen molar-refractivity contribution in [2.45, 2.75) is 47.9 Å². The molecule has 40 heavy (non-hydrogen) atoms. The molecule has 1 aliphatic rings. The smallest absolute Gasteiger partial charge is 0.392 e. The van der Waals surface area contributed by atoms with Gasteiger partial charge in [-0.1, -0.05) is 12.1 Å². The van der Waals surface area contributed by atoms with Gasteiger partial charge in [0.05, 0.1) is 12.8 Å². The molecule has 0 aromatic heterocycles. The Morgan fingerprint density at radius 2 is 1.12 bits per heavy atom. The van der Waals surface area contributed by atoms with Gasteiger partial charge >= 0.3 is 47.9 Å². The Balaban J connectivity index is 2.38. The predicted octanol–water partition coefficient (Wildman–Crippen LogP) is 6.06. The van der Waals surface area contributed by atoms with Gasteiger partial charge in [-0.25, -0.2) is 8.78 Å². The lowest BCUT2D eigenvalue weighted by molar-refractivity contribution is -0.444. The van der Waals surface area contributed by atoms with E-state index in [0.717, 1.165) is 0 Å². The van der Waals surface area contributed by atoms with Crippen molar-refractivity contribution in [1.82, 2.24) is 4.90 Å². The van der Waals surface area contributed by atoms with Crippen molar-refractivity contribution >= 4 is 11.6 Å². The SMILES string of the molecule is COc1ccccc1N1CCN(C(=O)C(F)(F)C(F)(F)C(F)(F)C(F)(F)C(F)(F)C(F)(F)C(F)(F)C(F)F)CC1. The molecule has 0 spiro atoms. The van der Waals surface area contributed by atoms with Crippen LogP contribution in [0, 0.1) is 0 Å². The second-order valence-electron chi connectivity index (χ2n) is 8.32. The number of hydrogen-bond donors (Lipinski definition) is 0. The Morgan fingerprint density at radius 1 is 0.700 bits per heavy atom. The van der Waals surface area contributed by atoms with Crippen LogP contribution in [0.5, 0.6) is 5.75 Å². The topological polar surface area (TPSA) is 32.8 Å². The number of amides is 1. The highest BCUT2D eigenvalue weighted by molar-refractivity contribution is 5.85. The van der Waals surface area contributed by atoms with Gasteiger partial charge in [0.15, 0.2) is 0 Å². The molecular formula is C20H16F16N2O2. The highest BCUT2D eigenvalue weighted by Gasteiger charge is 2.94. The number of methoxy groups -OCH3 is 1. The molecule has 0 bridgehead atoms. The predicted molar refractivity (Wildman–Crippen MR) is 102 cm³/mol. The number of carbonyl (C=O) groups excluding carboxylic acids is 1. The standard InChI is InChI=1S/C20H16F16N2O2/c1-40-11-5-3-2-4-10(11)37-6-8-38(9-7-37)13(39)15(25,26)17(29,30)19(33,34)20(35,36)18(31,32)16(27,28)14(23,24)12(21)22/h2-5,12H,6-9H2,1H3. The van der Waals surface area contributed by atoms with Crippen LogP contribution in [-0.2, 0) is 4.79 Å². The molecule has 1 aliphatic heterocycles. The molecule has 1 fully saturated rings. The van der Waals surface area contributed by atoms with E-state index in [4.69, 9.17) is 4.74 Å². The maximum Gasteiger partial charge on any atom is 0.392 e. The molecule has 0 unspecified atom stereocenters. The molecule has 230 valence electrons. The number of alkyl halides is 16. The monoisotopic (exact) mass is 620 g/mol. The summed E-state index contributed by atoms with van der Waals surface area (Å²) >= 11 is 0. The minimum Gasteiger partial charge on any atom is -0.495 e. The lowest BCUT2D eigenvalue weighted by Crippen LogP contribution is -2.75. The van der Waals surface area contributed by atoms with Crippen LogP contribution in [0.3, 0.4) is 0 Å². The van der Waals surface area contributed by atoms with Crippen LogP contribution in [-0.4, -0.2) is 92.0 Å². The van der Waals surface area contributed by atoms with Crippen molar-refractivity contribution in [3.8, 4) is 5.75 Å². The van der Waals surface area contributed by atoms with Crippen molar-refractivity contribution in [2.75, 3.05) is 38.2 Å². The van der Waals surface area contributed by atoms with E-state index < -0.39 is 80.0 Å². The zero-order chi connectivity index (χ0) is 31.3. The van der Waals surface area contributed by atoms with Crippen molar-refractivity contribution < 1.29 is 79.8 Å². The van der Waals surface area contributed by atoms with Gasteiger partial charge in [-0.3, -0.25) is 4.79 Å². The van der Waals surface area contributed by atoms with E-state index >= 15 is 0 Å². The summed E-state index contributed by atoms with van der Waals surface area (Å²) in [5.41, 5.74) is 0.282. The van der Waals surface area contributed by atoms with Crippen LogP contribution in [0.4, 0.5) is 75.9 Å². The summed E-state index contributed by atoms with van der Waals surface area (Å²) in [4.78, 5) is 13.1. The third kappa shape index (κ3) is 4.63. The van der Waals surface area contributed by atoms with Crippen LogP contribution in [0.15, 0.2) is 24.3 Å². The van der Waals surface area contributed by atoms with Gasteiger partial charge in [0.2, 0.25) is 0 Å². The first-order valence-electron chi connectivity index (χ1n) is 10.5. The van der Waals surface area contributed by atoms with E-state index in [1.807, 2.05) is 0 Å². The normalized spacial score (nSPS) is 16.9. The molecule has 0 radical (unpaired) electrons. The zero-order valence-corrected chi connectivity index (χ0v) is 19.5. The minimum atomic E-state index is -8.54. The van der Waals surface area contributed by atoms with Gasteiger partial charge in [-0.05, 0) is 12.1 Å². The molecule has 0 aliphatic carbocycles. The minimum absolute atomic E-state index is 0.205. The fourth-order valence-electron chi connectivity index (χ4n) is 3.51. The molecular weight excluding hydrogens is 604 g/mol. The Hall–Kier alpha value is -2.83. The summed E-state index contributed by atoms with van der Waals surface area (Å²) in [5, 5.41) is 0. The second kappa shape index (κ2) is 10.2.